The first-order valence-electron chi connectivity index (χ1n) is 9.86. The Labute approximate surface area is 158 Å². The smallest absolute Gasteiger partial charge is 0.227 e. The van der Waals surface area contributed by atoms with Crippen molar-refractivity contribution in [2.75, 3.05) is 18.9 Å². The largest absolute Gasteiger partial charge is 0.356 e. The van der Waals surface area contributed by atoms with Gasteiger partial charge in [0.05, 0.1) is 0 Å². The molecule has 1 saturated carbocycles. The Balaban J connectivity index is 1.85. The molecule has 1 fully saturated rings. The third-order valence-electron chi connectivity index (χ3n) is 5.73. The summed E-state index contributed by atoms with van der Waals surface area (Å²) in [5.74, 6) is 0.927. The zero-order chi connectivity index (χ0) is 19.0. The minimum atomic E-state index is 0.0252. The number of carbonyl (C=O) groups is 1. The van der Waals surface area contributed by atoms with E-state index in [9.17, 15) is 4.79 Å². The second-order valence-corrected chi connectivity index (χ2v) is 7.49. The molecular weight excluding hydrogens is 324 g/mol. The molecule has 1 aromatic rings. The van der Waals surface area contributed by atoms with Crippen LogP contribution in [0.25, 0.3) is 0 Å². The number of carbonyl (C=O) groups excluding carboxylic acids is 1. The number of benzene rings is 1. The predicted octanol–water partition coefficient (Wildman–Crippen LogP) is 3.92. The molecule has 0 spiro atoms. The van der Waals surface area contributed by atoms with Crippen molar-refractivity contribution in [1.29, 1.82) is 0 Å². The van der Waals surface area contributed by atoms with Crippen molar-refractivity contribution in [1.82, 2.24) is 10.6 Å². The van der Waals surface area contributed by atoms with Gasteiger partial charge in [-0.2, -0.15) is 0 Å². The quantitative estimate of drug-likeness (QED) is 0.487. The standard InChI is InChI=1S/C21H34N4O/c1-5-16(3)19(26)25-18-10-7-9-17(13-18)14-23-20(22-4)24-15-21(6-2)11-8-12-21/h7,9-10,13,16H,5-6,8,11-12,14-15H2,1-4H3,(H,25,26)(H2,22,23,24). The second kappa shape index (κ2) is 9.60. The van der Waals surface area contributed by atoms with E-state index in [2.05, 4.69) is 33.9 Å². The van der Waals surface area contributed by atoms with Gasteiger partial charge in [0, 0.05) is 31.7 Å². The minimum absolute atomic E-state index is 0.0252. The van der Waals surface area contributed by atoms with Crippen LogP contribution in [0.2, 0.25) is 0 Å². The Morgan fingerprint density at radius 3 is 2.62 bits per heavy atom. The summed E-state index contributed by atoms with van der Waals surface area (Å²) in [5, 5.41) is 9.83. The molecule has 26 heavy (non-hydrogen) atoms. The van der Waals surface area contributed by atoms with Crippen LogP contribution in [-0.4, -0.2) is 25.5 Å². The predicted molar refractivity (Wildman–Crippen MR) is 109 cm³/mol. The zero-order valence-electron chi connectivity index (χ0n) is 16.7. The van der Waals surface area contributed by atoms with Gasteiger partial charge in [-0.05, 0) is 48.8 Å². The van der Waals surface area contributed by atoms with Crippen LogP contribution < -0.4 is 16.0 Å². The van der Waals surface area contributed by atoms with Gasteiger partial charge in [-0.25, -0.2) is 0 Å². The number of hydrogen-bond acceptors (Lipinski definition) is 2. The van der Waals surface area contributed by atoms with Gasteiger partial charge < -0.3 is 16.0 Å². The van der Waals surface area contributed by atoms with Gasteiger partial charge in [-0.3, -0.25) is 9.79 Å². The molecule has 1 aliphatic rings. The van der Waals surface area contributed by atoms with E-state index in [-0.39, 0.29) is 11.8 Å². The average Bonchev–Trinajstić information content (AvgIpc) is 2.63. The maximum atomic E-state index is 12.1. The van der Waals surface area contributed by atoms with E-state index in [4.69, 9.17) is 0 Å². The van der Waals surface area contributed by atoms with Crippen molar-refractivity contribution in [3.8, 4) is 0 Å². The summed E-state index contributed by atoms with van der Waals surface area (Å²) in [7, 11) is 1.80. The Kier molecular flexibility index (Phi) is 7.49. The van der Waals surface area contributed by atoms with Gasteiger partial charge in [0.1, 0.15) is 0 Å². The fraction of sp³-hybridized carbons (Fsp3) is 0.619. The van der Waals surface area contributed by atoms with Gasteiger partial charge in [-0.1, -0.05) is 39.3 Å². The van der Waals surface area contributed by atoms with Crippen molar-refractivity contribution < 1.29 is 4.79 Å². The molecular formula is C21H34N4O. The Morgan fingerprint density at radius 1 is 1.27 bits per heavy atom. The molecule has 1 amide bonds. The number of guanidine groups is 1. The lowest BCUT2D eigenvalue weighted by atomic mass is 9.67. The maximum absolute atomic E-state index is 12.1. The zero-order valence-corrected chi connectivity index (χ0v) is 16.7. The molecule has 0 radical (unpaired) electrons. The summed E-state index contributed by atoms with van der Waals surface area (Å²) in [5.41, 5.74) is 2.42. The summed E-state index contributed by atoms with van der Waals surface area (Å²) in [6.45, 7) is 7.90. The summed E-state index contributed by atoms with van der Waals surface area (Å²) < 4.78 is 0. The molecule has 1 unspecified atom stereocenters. The number of aliphatic imine (C=N–C) groups is 1. The third kappa shape index (κ3) is 5.48. The van der Waals surface area contributed by atoms with Crippen LogP contribution in [0.4, 0.5) is 5.69 Å². The van der Waals surface area contributed by atoms with Crippen LogP contribution in [0.15, 0.2) is 29.3 Å². The Morgan fingerprint density at radius 2 is 2.04 bits per heavy atom. The lowest BCUT2D eigenvalue weighted by Crippen LogP contribution is -2.46. The SMILES string of the molecule is CCC(C)C(=O)Nc1cccc(CNC(=NC)NCC2(CC)CCC2)c1. The van der Waals surface area contributed by atoms with Crippen molar-refractivity contribution in [3.05, 3.63) is 29.8 Å². The number of nitrogens with zero attached hydrogens (tertiary/aromatic N) is 1. The fourth-order valence-corrected chi connectivity index (χ4v) is 3.22. The number of hydrogen-bond donors (Lipinski definition) is 3. The highest BCUT2D eigenvalue weighted by Crippen LogP contribution is 2.42. The molecule has 0 heterocycles. The molecule has 1 atom stereocenters. The number of rotatable bonds is 8. The van der Waals surface area contributed by atoms with E-state index in [1.807, 2.05) is 32.0 Å². The van der Waals surface area contributed by atoms with E-state index < -0.39 is 0 Å². The minimum Gasteiger partial charge on any atom is -0.356 e. The first kappa shape index (κ1) is 20.3. The van der Waals surface area contributed by atoms with Crippen LogP contribution in [0, 0.1) is 11.3 Å². The van der Waals surface area contributed by atoms with E-state index in [1.54, 1.807) is 7.05 Å². The van der Waals surface area contributed by atoms with Gasteiger partial charge in [0.25, 0.3) is 0 Å². The van der Waals surface area contributed by atoms with Crippen molar-refractivity contribution in [3.63, 3.8) is 0 Å². The van der Waals surface area contributed by atoms with E-state index >= 15 is 0 Å². The number of nitrogens with one attached hydrogen (secondary N) is 3. The fourth-order valence-electron chi connectivity index (χ4n) is 3.22. The van der Waals surface area contributed by atoms with Crippen molar-refractivity contribution >= 4 is 17.6 Å². The molecule has 0 aromatic heterocycles. The molecule has 0 aliphatic heterocycles. The van der Waals surface area contributed by atoms with Crippen LogP contribution in [0.3, 0.4) is 0 Å². The molecule has 5 nitrogen and oxygen atoms in total. The first-order chi connectivity index (χ1) is 12.5. The van der Waals surface area contributed by atoms with Crippen LogP contribution in [0.1, 0.15) is 58.4 Å². The van der Waals surface area contributed by atoms with Gasteiger partial charge >= 0.3 is 0 Å². The topological polar surface area (TPSA) is 65.5 Å². The van der Waals surface area contributed by atoms with Crippen molar-refractivity contribution in [2.24, 2.45) is 16.3 Å². The average molecular weight is 359 g/mol. The highest BCUT2D eigenvalue weighted by Gasteiger charge is 2.34. The third-order valence-corrected chi connectivity index (χ3v) is 5.73. The molecule has 5 heteroatoms. The van der Waals surface area contributed by atoms with Gasteiger partial charge in [-0.15, -0.1) is 0 Å². The second-order valence-electron chi connectivity index (χ2n) is 7.49. The lowest BCUT2D eigenvalue weighted by Gasteiger charge is -2.41. The Hall–Kier alpha value is -2.04. The molecule has 3 N–H and O–H groups in total. The molecule has 144 valence electrons. The summed E-state index contributed by atoms with van der Waals surface area (Å²) >= 11 is 0. The summed E-state index contributed by atoms with van der Waals surface area (Å²) in [6.07, 6.45) is 6.02. The summed E-state index contributed by atoms with van der Waals surface area (Å²) in [4.78, 5) is 16.4. The maximum Gasteiger partial charge on any atom is 0.227 e. The molecule has 0 bridgehead atoms. The summed E-state index contributed by atoms with van der Waals surface area (Å²) in [6, 6.07) is 7.97. The normalized spacial score (nSPS) is 17.2. The van der Waals surface area contributed by atoms with E-state index in [1.165, 1.54) is 25.7 Å². The van der Waals surface area contributed by atoms with Crippen LogP contribution in [-0.2, 0) is 11.3 Å². The van der Waals surface area contributed by atoms with E-state index in [0.29, 0.717) is 12.0 Å². The number of amides is 1. The highest BCUT2D eigenvalue weighted by atomic mass is 16.1. The molecule has 1 aliphatic carbocycles. The molecule has 0 saturated heterocycles. The lowest BCUT2D eigenvalue weighted by molar-refractivity contribution is -0.119. The van der Waals surface area contributed by atoms with Crippen LogP contribution >= 0.6 is 0 Å². The monoisotopic (exact) mass is 358 g/mol. The molecule has 1 aromatic carbocycles. The highest BCUT2D eigenvalue weighted by molar-refractivity contribution is 5.92. The van der Waals surface area contributed by atoms with Crippen molar-refractivity contribution in [2.45, 2.75) is 59.4 Å². The molecule has 2 rings (SSSR count). The van der Waals surface area contributed by atoms with Gasteiger partial charge in [0.15, 0.2) is 5.96 Å². The van der Waals surface area contributed by atoms with Crippen LogP contribution in [0.5, 0.6) is 0 Å². The van der Waals surface area contributed by atoms with Gasteiger partial charge in [0.2, 0.25) is 5.91 Å². The van der Waals surface area contributed by atoms with E-state index in [0.717, 1.165) is 30.2 Å². The Bertz CT molecular complexity index is 617. The number of anilines is 1. The first-order valence-corrected chi connectivity index (χ1v) is 9.86.